The first-order valence-corrected chi connectivity index (χ1v) is 5.91. The van der Waals surface area contributed by atoms with Gasteiger partial charge in [-0.2, -0.15) is 0 Å². The van der Waals surface area contributed by atoms with Gasteiger partial charge in [-0.05, 0) is 48.1 Å². The molecule has 0 nitrogen and oxygen atoms in total. The van der Waals surface area contributed by atoms with Crippen molar-refractivity contribution in [1.82, 2.24) is 0 Å². The Morgan fingerprint density at radius 2 is 1.69 bits per heavy atom. The first-order chi connectivity index (χ1) is 7.77. The molecule has 0 aliphatic heterocycles. The smallest absolute Gasteiger partial charge is 0.0133 e. The van der Waals surface area contributed by atoms with Crippen molar-refractivity contribution in [2.45, 2.75) is 26.2 Å². The predicted octanol–water partition coefficient (Wildman–Crippen LogP) is 3.99. The molecule has 0 saturated carbocycles. The van der Waals surface area contributed by atoms with E-state index in [0.29, 0.717) is 5.92 Å². The fourth-order valence-corrected chi connectivity index (χ4v) is 2.90. The van der Waals surface area contributed by atoms with Crippen LogP contribution < -0.4 is 0 Å². The molecule has 0 N–H and O–H groups in total. The Balaban J connectivity index is 2.10. The lowest BCUT2D eigenvalue weighted by molar-refractivity contribution is 0.849. The molecule has 2 bridgehead atoms. The molecule has 3 rings (SSSR count). The van der Waals surface area contributed by atoms with Gasteiger partial charge in [-0.1, -0.05) is 42.5 Å². The molecule has 80 valence electrons. The van der Waals surface area contributed by atoms with Crippen molar-refractivity contribution in [3.8, 4) is 0 Å². The van der Waals surface area contributed by atoms with E-state index in [1.165, 1.54) is 28.7 Å². The highest BCUT2D eigenvalue weighted by Gasteiger charge is 2.26. The van der Waals surface area contributed by atoms with Crippen molar-refractivity contribution in [2.24, 2.45) is 0 Å². The maximum atomic E-state index is 2.30. The number of hydrogen-bond acceptors (Lipinski definition) is 0. The van der Waals surface area contributed by atoms with Crippen LogP contribution in [0.3, 0.4) is 0 Å². The van der Waals surface area contributed by atoms with Gasteiger partial charge in [0.1, 0.15) is 0 Å². The molecule has 1 atom stereocenters. The van der Waals surface area contributed by atoms with Gasteiger partial charge < -0.3 is 0 Å². The maximum Gasteiger partial charge on any atom is 0.0133 e. The fourth-order valence-electron chi connectivity index (χ4n) is 2.90. The van der Waals surface area contributed by atoms with Gasteiger partial charge in [0.25, 0.3) is 0 Å². The van der Waals surface area contributed by atoms with Gasteiger partial charge in [0.15, 0.2) is 0 Å². The van der Waals surface area contributed by atoms with Gasteiger partial charge >= 0.3 is 0 Å². The summed E-state index contributed by atoms with van der Waals surface area (Å²) in [5.74, 6) is 0.588. The molecule has 0 fully saturated rings. The second-order valence-electron chi connectivity index (χ2n) is 4.74. The van der Waals surface area contributed by atoms with Crippen LogP contribution >= 0.6 is 0 Å². The zero-order valence-electron chi connectivity index (χ0n) is 9.83. The third kappa shape index (κ3) is 1.30. The van der Waals surface area contributed by atoms with Crippen molar-refractivity contribution in [1.29, 1.82) is 0 Å². The summed E-state index contributed by atoms with van der Waals surface area (Å²) in [6, 6.07) is 15.4. The number of rotatable bonds is 1. The average Bonchev–Trinajstić information content (AvgIpc) is 2.53. The molecule has 1 aliphatic carbocycles. The number of hydrogen-bond donors (Lipinski definition) is 0. The fraction of sp³-hybridized carbons (Fsp3) is 0.250. The van der Waals surface area contributed by atoms with Crippen LogP contribution in [0.4, 0.5) is 0 Å². The average molecular weight is 208 g/mol. The lowest BCUT2D eigenvalue weighted by Gasteiger charge is -2.10. The molecule has 0 heterocycles. The van der Waals surface area contributed by atoms with Crippen LogP contribution in [0.2, 0.25) is 0 Å². The third-order valence-electron chi connectivity index (χ3n) is 3.86. The number of benzene rings is 2. The van der Waals surface area contributed by atoms with Crippen molar-refractivity contribution in [3.63, 3.8) is 0 Å². The molecule has 0 spiro atoms. The molecule has 16 heavy (non-hydrogen) atoms. The first-order valence-electron chi connectivity index (χ1n) is 5.91. The van der Waals surface area contributed by atoms with E-state index >= 15 is 0 Å². The van der Waals surface area contributed by atoms with E-state index in [2.05, 4.69) is 56.3 Å². The van der Waals surface area contributed by atoms with Gasteiger partial charge in [-0.15, -0.1) is 0 Å². The molecule has 0 radical (unpaired) electrons. The minimum Gasteiger partial charge on any atom is -0.0622 e. The topological polar surface area (TPSA) is 0 Å². The number of fused-ring (bicyclic) bond motifs is 2. The van der Waals surface area contributed by atoms with Crippen molar-refractivity contribution in [3.05, 3.63) is 70.3 Å². The Labute approximate surface area is 96.9 Å². The van der Waals surface area contributed by atoms with E-state index in [-0.39, 0.29) is 0 Å². The summed E-state index contributed by atoms with van der Waals surface area (Å²) in [5.41, 5.74) is 7.48. The summed E-state index contributed by atoms with van der Waals surface area (Å²) in [5, 5.41) is 0. The standard InChI is InChI=1S/C16H16/c1-11-8-9-14-12(2)15(11)10-16(14)13-6-4-3-5-7-13/h3-9,16H,10H2,1-2H3. The highest BCUT2D eigenvalue weighted by atomic mass is 14.3. The zero-order valence-corrected chi connectivity index (χ0v) is 9.83. The van der Waals surface area contributed by atoms with Crippen LogP contribution in [0.1, 0.15) is 33.7 Å². The van der Waals surface area contributed by atoms with Crippen LogP contribution in [-0.4, -0.2) is 0 Å². The second-order valence-corrected chi connectivity index (χ2v) is 4.74. The van der Waals surface area contributed by atoms with Gasteiger partial charge in [0.05, 0.1) is 0 Å². The molecular weight excluding hydrogens is 192 g/mol. The third-order valence-corrected chi connectivity index (χ3v) is 3.86. The van der Waals surface area contributed by atoms with Gasteiger partial charge in [-0.25, -0.2) is 0 Å². The van der Waals surface area contributed by atoms with Gasteiger partial charge in [-0.3, -0.25) is 0 Å². The Morgan fingerprint density at radius 1 is 0.938 bits per heavy atom. The molecule has 2 aromatic rings. The zero-order chi connectivity index (χ0) is 11.1. The van der Waals surface area contributed by atoms with Crippen LogP contribution in [0.5, 0.6) is 0 Å². The summed E-state index contributed by atoms with van der Waals surface area (Å²) < 4.78 is 0. The van der Waals surface area contributed by atoms with Gasteiger partial charge in [0, 0.05) is 5.92 Å². The van der Waals surface area contributed by atoms with E-state index in [0.717, 1.165) is 0 Å². The quantitative estimate of drug-likeness (QED) is 0.664. The first kappa shape index (κ1) is 9.65. The molecule has 0 saturated heterocycles. The monoisotopic (exact) mass is 208 g/mol. The lowest BCUT2D eigenvalue weighted by Crippen LogP contribution is -1.97. The van der Waals surface area contributed by atoms with E-state index in [1.54, 1.807) is 5.56 Å². The summed E-state index contributed by atoms with van der Waals surface area (Å²) >= 11 is 0. The molecule has 2 aromatic carbocycles. The highest BCUT2D eigenvalue weighted by Crippen LogP contribution is 2.39. The van der Waals surface area contributed by atoms with E-state index in [4.69, 9.17) is 0 Å². The normalized spacial score (nSPS) is 17.8. The summed E-state index contributed by atoms with van der Waals surface area (Å²) in [7, 11) is 0. The van der Waals surface area contributed by atoms with Crippen molar-refractivity contribution in [2.75, 3.05) is 0 Å². The van der Waals surface area contributed by atoms with Crippen LogP contribution in [0, 0.1) is 13.8 Å². The van der Waals surface area contributed by atoms with Crippen LogP contribution in [-0.2, 0) is 6.42 Å². The molecule has 0 amide bonds. The highest BCUT2D eigenvalue weighted by molar-refractivity contribution is 5.51. The summed E-state index contributed by atoms with van der Waals surface area (Å²) in [6.07, 6.45) is 1.18. The summed E-state index contributed by atoms with van der Waals surface area (Å²) in [6.45, 7) is 4.49. The maximum absolute atomic E-state index is 2.30. The minimum atomic E-state index is 0.588. The Morgan fingerprint density at radius 3 is 2.38 bits per heavy atom. The molecular formula is C16H16. The Bertz CT molecular complexity index is 523. The largest absolute Gasteiger partial charge is 0.0622 e. The van der Waals surface area contributed by atoms with E-state index < -0.39 is 0 Å². The Kier molecular flexibility index (Phi) is 2.10. The summed E-state index contributed by atoms with van der Waals surface area (Å²) in [4.78, 5) is 0. The van der Waals surface area contributed by atoms with Crippen LogP contribution in [0.25, 0.3) is 0 Å². The van der Waals surface area contributed by atoms with Crippen molar-refractivity contribution >= 4 is 0 Å². The number of aryl methyl sites for hydroxylation is 1. The minimum absolute atomic E-state index is 0.588. The molecule has 1 aliphatic rings. The van der Waals surface area contributed by atoms with Crippen molar-refractivity contribution < 1.29 is 0 Å². The van der Waals surface area contributed by atoms with Gasteiger partial charge in [0.2, 0.25) is 0 Å². The van der Waals surface area contributed by atoms with E-state index in [1.807, 2.05) is 0 Å². The van der Waals surface area contributed by atoms with E-state index in [9.17, 15) is 0 Å². The molecule has 0 aromatic heterocycles. The predicted molar refractivity (Wildman–Crippen MR) is 67.9 cm³/mol. The molecule has 0 heteroatoms. The second kappa shape index (κ2) is 3.48. The Hall–Kier alpha value is -1.56. The lowest BCUT2D eigenvalue weighted by atomic mass is 9.93. The van der Waals surface area contributed by atoms with Crippen LogP contribution in [0.15, 0.2) is 42.5 Å². The SMILES string of the molecule is Cc1ccc2c(C)c1CC2c1ccccc1. The molecule has 1 unspecified atom stereocenters.